The number of epoxide rings is 1. The number of hydrogen-bond donors (Lipinski definition) is 6. The molecule has 1 fully saturated rings. The molecule has 182 valence electrons. The molecule has 1 aliphatic rings. The SMILES string of the molecule is O=C(O)CC[C@H](NC(=O)N[C@@H](CCCCNC1OC1c1ccc(Br)cc1F)C(=O)O)C(=O)O. The molecule has 2 rings (SSSR count). The lowest BCUT2D eigenvalue weighted by Crippen LogP contribution is -2.51. The van der Waals surface area contributed by atoms with E-state index in [0.29, 0.717) is 29.4 Å². The van der Waals surface area contributed by atoms with Gasteiger partial charge in [0.05, 0.1) is 0 Å². The molecule has 0 radical (unpaired) electrons. The predicted molar refractivity (Wildman–Crippen MR) is 115 cm³/mol. The summed E-state index contributed by atoms with van der Waals surface area (Å²) >= 11 is 3.19. The second-order valence-corrected chi connectivity index (χ2v) is 8.34. The summed E-state index contributed by atoms with van der Waals surface area (Å²) in [4.78, 5) is 45.1. The molecule has 0 bridgehead atoms. The van der Waals surface area contributed by atoms with Crippen LogP contribution >= 0.6 is 15.9 Å². The molecule has 2 unspecified atom stereocenters. The van der Waals surface area contributed by atoms with Gasteiger partial charge >= 0.3 is 23.9 Å². The molecule has 1 saturated heterocycles. The Morgan fingerprint density at radius 3 is 2.24 bits per heavy atom. The first-order chi connectivity index (χ1) is 15.6. The van der Waals surface area contributed by atoms with Gasteiger partial charge in [-0.2, -0.15) is 0 Å². The summed E-state index contributed by atoms with van der Waals surface area (Å²) in [5.41, 5.74) is 0.444. The molecular weight excluding hydrogens is 509 g/mol. The molecule has 0 aromatic heterocycles. The van der Waals surface area contributed by atoms with Crippen LogP contribution in [-0.4, -0.2) is 64.1 Å². The fraction of sp³-hybridized carbons (Fsp3) is 0.500. The molecule has 13 heteroatoms. The number of unbranched alkanes of at least 4 members (excludes halogenated alkanes) is 1. The Kier molecular flexibility index (Phi) is 10.0. The van der Waals surface area contributed by atoms with Gasteiger partial charge in [0.25, 0.3) is 0 Å². The first-order valence-electron chi connectivity index (χ1n) is 10.2. The Balaban J connectivity index is 1.69. The fourth-order valence-corrected chi connectivity index (χ4v) is 3.43. The number of halogens is 2. The van der Waals surface area contributed by atoms with Crippen molar-refractivity contribution in [1.82, 2.24) is 16.0 Å². The van der Waals surface area contributed by atoms with E-state index in [1.165, 1.54) is 6.07 Å². The number of benzene rings is 1. The maximum Gasteiger partial charge on any atom is 0.326 e. The van der Waals surface area contributed by atoms with Crippen LogP contribution in [0.2, 0.25) is 0 Å². The lowest BCUT2D eigenvalue weighted by atomic mass is 10.1. The van der Waals surface area contributed by atoms with Crippen LogP contribution in [-0.2, 0) is 19.1 Å². The number of urea groups is 1. The Bertz CT molecular complexity index is 887. The number of hydrogen-bond acceptors (Lipinski definition) is 6. The van der Waals surface area contributed by atoms with Crippen molar-refractivity contribution < 1.29 is 43.6 Å². The van der Waals surface area contributed by atoms with E-state index in [1.54, 1.807) is 12.1 Å². The molecule has 1 aromatic carbocycles. The minimum Gasteiger partial charge on any atom is -0.481 e. The zero-order valence-corrected chi connectivity index (χ0v) is 19.0. The van der Waals surface area contributed by atoms with E-state index >= 15 is 0 Å². The van der Waals surface area contributed by atoms with Crippen molar-refractivity contribution in [3.8, 4) is 0 Å². The maximum atomic E-state index is 13.9. The summed E-state index contributed by atoms with van der Waals surface area (Å²) in [6.07, 6.45) is -0.456. The standard InChI is InChI=1S/C20H25BrFN3O8/c21-10-4-5-11(12(22)9-10)16-17(33-16)23-8-2-1-3-13(18(28)29)24-20(32)25-14(19(30)31)6-7-15(26)27/h4-5,9,13-14,16-17,23H,1-3,6-8H2,(H,26,27)(H,28,29)(H,30,31)(H2,24,25,32)/t13-,14-,16?,17?/m0/s1. The highest BCUT2D eigenvalue weighted by atomic mass is 79.9. The predicted octanol–water partition coefficient (Wildman–Crippen LogP) is 1.82. The van der Waals surface area contributed by atoms with E-state index in [9.17, 15) is 28.7 Å². The Hall–Kier alpha value is -2.77. The minimum absolute atomic E-state index is 0.0909. The number of carbonyl (C=O) groups excluding carboxylic acids is 1. The van der Waals surface area contributed by atoms with E-state index in [0.717, 1.165) is 0 Å². The van der Waals surface area contributed by atoms with Gasteiger partial charge in [-0.1, -0.05) is 22.0 Å². The first kappa shape index (κ1) is 26.5. The van der Waals surface area contributed by atoms with Crippen molar-refractivity contribution in [2.24, 2.45) is 0 Å². The van der Waals surface area contributed by atoms with Gasteiger partial charge < -0.3 is 30.7 Å². The minimum atomic E-state index is -1.46. The van der Waals surface area contributed by atoms with Crippen molar-refractivity contribution in [2.45, 2.75) is 56.5 Å². The quantitative estimate of drug-likeness (QED) is 0.153. The van der Waals surface area contributed by atoms with Crippen LogP contribution in [0.5, 0.6) is 0 Å². The number of rotatable bonds is 14. The highest BCUT2D eigenvalue weighted by Crippen LogP contribution is 2.38. The molecule has 11 nitrogen and oxygen atoms in total. The average Bonchev–Trinajstić information content (AvgIpc) is 3.48. The maximum absolute atomic E-state index is 13.9. The largest absolute Gasteiger partial charge is 0.481 e. The molecule has 33 heavy (non-hydrogen) atoms. The summed E-state index contributed by atoms with van der Waals surface area (Å²) in [7, 11) is 0. The van der Waals surface area contributed by atoms with E-state index < -0.39 is 48.5 Å². The highest BCUT2D eigenvalue weighted by Gasteiger charge is 2.41. The normalized spacial score (nSPS) is 18.7. The molecule has 1 aromatic rings. The number of carbonyl (C=O) groups is 4. The summed E-state index contributed by atoms with van der Waals surface area (Å²) in [6.45, 7) is 0.480. The Labute approximate surface area is 196 Å². The third kappa shape index (κ3) is 8.94. The van der Waals surface area contributed by atoms with Crippen LogP contribution in [0.3, 0.4) is 0 Å². The van der Waals surface area contributed by atoms with Crippen molar-refractivity contribution in [3.05, 3.63) is 34.1 Å². The van der Waals surface area contributed by atoms with Crippen LogP contribution < -0.4 is 16.0 Å². The second-order valence-electron chi connectivity index (χ2n) is 7.42. The fourth-order valence-electron chi connectivity index (χ4n) is 3.09. The smallest absolute Gasteiger partial charge is 0.326 e. The molecule has 0 aliphatic carbocycles. The van der Waals surface area contributed by atoms with Gasteiger partial charge in [-0.15, -0.1) is 0 Å². The summed E-state index contributed by atoms with van der Waals surface area (Å²) in [6, 6.07) is 0.994. The van der Waals surface area contributed by atoms with Gasteiger partial charge in [-0.3, -0.25) is 10.1 Å². The number of carboxylic acid groups (broad SMARTS) is 3. The van der Waals surface area contributed by atoms with Gasteiger partial charge in [0, 0.05) is 16.5 Å². The summed E-state index contributed by atoms with van der Waals surface area (Å²) in [5.74, 6) is -4.30. The van der Waals surface area contributed by atoms with Gasteiger partial charge in [0.15, 0.2) is 0 Å². The number of carboxylic acids is 3. The Morgan fingerprint density at radius 1 is 1.03 bits per heavy atom. The van der Waals surface area contributed by atoms with Crippen LogP contribution in [0.4, 0.5) is 9.18 Å². The molecule has 1 heterocycles. The van der Waals surface area contributed by atoms with Crippen LogP contribution in [0.25, 0.3) is 0 Å². The number of ether oxygens (including phenoxy) is 1. The molecule has 1 aliphatic heterocycles. The lowest BCUT2D eigenvalue weighted by Gasteiger charge is -2.18. The number of aliphatic carboxylic acids is 3. The van der Waals surface area contributed by atoms with E-state index in [2.05, 4.69) is 31.9 Å². The molecule has 4 atom stereocenters. The zero-order chi connectivity index (χ0) is 24.5. The second kappa shape index (κ2) is 12.5. The van der Waals surface area contributed by atoms with Crippen molar-refractivity contribution in [3.63, 3.8) is 0 Å². The molecule has 2 amide bonds. The highest BCUT2D eigenvalue weighted by molar-refractivity contribution is 9.10. The van der Waals surface area contributed by atoms with Crippen LogP contribution in [0.15, 0.2) is 22.7 Å². The van der Waals surface area contributed by atoms with Gasteiger partial charge in [-0.25, -0.2) is 18.8 Å². The average molecular weight is 534 g/mol. The zero-order valence-electron chi connectivity index (χ0n) is 17.4. The van der Waals surface area contributed by atoms with Gasteiger partial charge in [0.1, 0.15) is 30.2 Å². The Morgan fingerprint density at radius 2 is 1.67 bits per heavy atom. The third-order valence-corrected chi connectivity index (χ3v) is 5.37. The van der Waals surface area contributed by atoms with Crippen LogP contribution in [0.1, 0.15) is 43.8 Å². The van der Waals surface area contributed by atoms with Crippen LogP contribution in [0, 0.1) is 5.82 Å². The molecule has 6 N–H and O–H groups in total. The van der Waals surface area contributed by atoms with E-state index in [-0.39, 0.29) is 24.9 Å². The summed E-state index contributed by atoms with van der Waals surface area (Å²) in [5, 5.41) is 34.3. The topological polar surface area (TPSA) is 178 Å². The van der Waals surface area contributed by atoms with Crippen molar-refractivity contribution >= 4 is 39.9 Å². The van der Waals surface area contributed by atoms with Gasteiger partial charge in [-0.05, 0) is 44.4 Å². The van der Waals surface area contributed by atoms with Gasteiger partial charge in [0.2, 0.25) is 0 Å². The molecular formula is C20H25BrFN3O8. The third-order valence-electron chi connectivity index (χ3n) is 4.88. The monoisotopic (exact) mass is 533 g/mol. The lowest BCUT2D eigenvalue weighted by molar-refractivity contribution is -0.140. The molecule has 0 spiro atoms. The van der Waals surface area contributed by atoms with Crippen molar-refractivity contribution in [2.75, 3.05) is 6.54 Å². The molecule has 0 saturated carbocycles. The number of nitrogens with one attached hydrogen (secondary N) is 3. The number of amides is 2. The first-order valence-corrected chi connectivity index (χ1v) is 11.0. The van der Waals surface area contributed by atoms with Crippen molar-refractivity contribution in [1.29, 1.82) is 0 Å². The van der Waals surface area contributed by atoms with E-state index in [4.69, 9.17) is 14.9 Å². The van der Waals surface area contributed by atoms with E-state index in [1.807, 2.05) is 0 Å². The summed E-state index contributed by atoms with van der Waals surface area (Å²) < 4.78 is 20.0.